The molecule has 0 heterocycles. The number of hydrogen-bond acceptors (Lipinski definition) is 6. The van der Waals surface area contributed by atoms with Crippen molar-refractivity contribution in [3.63, 3.8) is 0 Å². The summed E-state index contributed by atoms with van der Waals surface area (Å²) in [5.74, 6) is 1.02. The second-order valence-electron chi connectivity index (χ2n) is 5.57. The van der Waals surface area contributed by atoms with Crippen molar-refractivity contribution < 1.29 is 19.2 Å². The van der Waals surface area contributed by atoms with Gasteiger partial charge in [0.2, 0.25) is 11.8 Å². The zero-order valence-electron chi connectivity index (χ0n) is 16.4. The second kappa shape index (κ2) is 15.1. The molecule has 6 nitrogen and oxygen atoms in total. The molecule has 0 aliphatic heterocycles. The Morgan fingerprint density at radius 3 is 1.15 bits per heavy atom. The molecule has 0 aromatic carbocycles. The summed E-state index contributed by atoms with van der Waals surface area (Å²) in [5.41, 5.74) is 0. The lowest BCUT2D eigenvalue weighted by Gasteiger charge is -2.18. The molecule has 0 aliphatic rings. The van der Waals surface area contributed by atoms with Crippen LogP contribution in [0.5, 0.6) is 0 Å². The topological polar surface area (TPSA) is 74.8 Å². The van der Waals surface area contributed by atoms with Crippen LogP contribution in [0.25, 0.3) is 0 Å². The minimum absolute atomic E-state index is 0.0554. The van der Waals surface area contributed by atoms with Crippen LogP contribution in [-0.4, -0.2) is 69.5 Å². The first kappa shape index (κ1) is 25.0. The van der Waals surface area contributed by atoms with E-state index in [1.165, 1.54) is 0 Å². The van der Waals surface area contributed by atoms with Gasteiger partial charge >= 0.3 is 0 Å². The fourth-order valence-corrected chi connectivity index (χ4v) is 3.82. The molecule has 0 fully saturated rings. The number of hydrogen-bond donors (Lipinski definition) is 0. The van der Waals surface area contributed by atoms with Gasteiger partial charge in [-0.2, -0.15) is 0 Å². The number of carbonyl (C=O) groups is 4. The average Bonchev–Trinajstić information content (AvgIpc) is 2.62. The zero-order valence-corrected chi connectivity index (χ0v) is 18.0. The fraction of sp³-hybridized carbons (Fsp3) is 0.778. The molecule has 0 N–H and O–H groups in total. The largest absolute Gasteiger partial charge is 0.343 e. The Morgan fingerprint density at radius 2 is 0.885 bits per heavy atom. The Kier molecular flexibility index (Phi) is 14.5. The molecular weight excluding hydrogens is 372 g/mol. The van der Waals surface area contributed by atoms with Crippen molar-refractivity contribution in [1.82, 2.24) is 9.80 Å². The van der Waals surface area contributed by atoms with E-state index in [1.54, 1.807) is 9.80 Å². The van der Waals surface area contributed by atoms with E-state index in [4.69, 9.17) is 0 Å². The molecule has 0 saturated heterocycles. The van der Waals surface area contributed by atoms with Crippen molar-refractivity contribution in [1.29, 1.82) is 0 Å². The van der Waals surface area contributed by atoms with Crippen LogP contribution in [0.2, 0.25) is 0 Å². The Balaban J connectivity index is 3.87. The molecule has 0 bridgehead atoms. The highest BCUT2D eigenvalue weighted by atomic mass is 32.2. The smallest absolute Gasteiger partial charge is 0.223 e. The van der Waals surface area contributed by atoms with Crippen molar-refractivity contribution in [2.75, 3.05) is 37.7 Å². The molecule has 0 atom stereocenters. The van der Waals surface area contributed by atoms with E-state index in [0.717, 1.165) is 23.5 Å². The normalized spacial score (nSPS) is 10.5. The lowest BCUT2D eigenvalue weighted by Crippen LogP contribution is -2.30. The molecule has 0 aliphatic carbocycles. The molecular formula is C18H32N2O4S2. The molecule has 0 saturated carbocycles. The number of rotatable bonds is 13. The van der Waals surface area contributed by atoms with Crippen molar-refractivity contribution >= 4 is 45.6 Å². The van der Waals surface area contributed by atoms with Crippen LogP contribution in [-0.2, 0) is 19.2 Å². The van der Waals surface area contributed by atoms with E-state index in [2.05, 4.69) is 0 Å². The van der Waals surface area contributed by atoms with Crippen LogP contribution >= 0.6 is 23.5 Å². The molecule has 0 radical (unpaired) electrons. The van der Waals surface area contributed by atoms with Gasteiger partial charge < -0.3 is 9.80 Å². The highest BCUT2D eigenvalue weighted by Crippen LogP contribution is 2.15. The van der Waals surface area contributed by atoms with E-state index >= 15 is 0 Å². The van der Waals surface area contributed by atoms with Gasteiger partial charge in [0, 0.05) is 63.4 Å². The maximum absolute atomic E-state index is 11.8. The van der Waals surface area contributed by atoms with Gasteiger partial charge in [-0.05, 0) is 27.7 Å². The molecule has 0 spiro atoms. The first-order chi connectivity index (χ1) is 12.4. The summed E-state index contributed by atoms with van der Waals surface area (Å²) in [6.45, 7) is 10.4. The summed E-state index contributed by atoms with van der Waals surface area (Å²) in [5, 5.41) is -0.129. The third-order valence-corrected chi connectivity index (χ3v) is 5.79. The summed E-state index contributed by atoms with van der Waals surface area (Å²) >= 11 is 2.23. The maximum Gasteiger partial charge on any atom is 0.223 e. The van der Waals surface area contributed by atoms with Crippen LogP contribution in [0.3, 0.4) is 0 Å². The summed E-state index contributed by atoms with van der Waals surface area (Å²) in [4.78, 5) is 50.7. The van der Waals surface area contributed by atoms with Gasteiger partial charge in [0.1, 0.15) is 0 Å². The minimum Gasteiger partial charge on any atom is -0.343 e. The van der Waals surface area contributed by atoms with Crippen molar-refractivity contribution in [3.8, 4) is 0 Å². The van der Waals surface area contributed by atoms with Crippen molar-refractivity contribution in [3.05, 3.63) is 0 Å². The number of nitrogens with zero attached hydrogens (tertiary/aromatic N) is 2. The van der Waals surface area contributed by atoms with E-state index in [0.29, 0.717) is 50.5 Å². The molecule has 0 unspecified atom stereocenters. The van der Waals surface area contributed by atoms with Gasteiger partial charge in [-0.1, -0.05) is 23.5 Å². The highest BCUT2D eigenvalue weighted by Gasteiger charge is 2.13. The Bertz CT molecular complexity index is 422. The van der Waals surface area contributed by atoms with Gasteiger partial charge in [0.15, 0.2) is 10.2 Å². The Labute approximate surface area is 165 Å². The molecule has 0 aromatic heterocycles. The van der Waals surface area contributed by atoms with E-state index in [-0.39, 0.29) is 34.9 Å². The standard InChI is InChI=1S/C18H32N2O4S2/c1-5-19(6-2)15(21)11-13-25-17(23)9-10-18(24)26-14-12-16(22)20(7-3)8-4/h5-14H2,1-4H3. The molecule has 8 heteroatoms. The summed E-state index contributed by atoms with van der Waals surface area (Å²) in [6.07, 6.45) is 1.04. The van der Waals surface area contributed by atoms with Gasteiger partial charge in [-0.25, -0.2) is 0 Å². The zero-order chi connectivity index (χ0) is 19.9. The quantitative estimate of drug-likeness (QED) is 0.470. The maximum atomic E-state index is 11.8. The SMILES string of the molecule is CCN(CC)C(=O)CCSC(=O)CCC(=O)SCCC(=O)N(CC)CC. The van der Waals surface area contributed by atoms with Gasteiger partial charge in [0.25, 0.3) is 0 Å². The van der Waals surface area contributed by atoms with Crippen LogP contribution in [0, 0.1) is 0 Å². The summed E-state index contributed by atoms with van der Waals surface area (Å²) in [7, 11) is 0. The van der Waals surface area contributed by atoms with Crippen LogP contribution < -0.4 is 0 Å². The predicted octanol–water partition coefficient (Wildman–Crippen LogP) is 2.80. The lowest BCUT2D eigenvalue weighted by atomic mass is 10.3. The molecule has 2 amide bonds. The van der Waals surface area contributed by atoms with Gasteiger partial charge in [-0.3, -0.25) is 19.2 Å². The van der Waals surface area contributed by atoms with Crippen LogP contribution in [0.1, 0.15) is 53.4 Å². The summed E-state index contributed by atoms with van der Waals surface area (Å²) < 4.78 is 0. The number of carbonyl (C=O) groups excluding carboxylic acids is 4. The van der Waals surface area contributed by atoms with Crippen LogP contribution in [0.15, 0.2) is 0 Å². The van der Waals surface area contributed by atoms with E-state index in [1.807, 2.05) is 27.7 Å². The van der Waals surface area contributed by atoms with E-state index < -0.39 is 0 Å². The monoisotopic (exact) mass is 404 g/mol. The minimum atomic E-state index is -0.0643. The lowest BCUT2D eigenvalue weighted by molar-refractivity contribution is -0.131. The molecule has 0 aromatic rings. The highest BCUT2D eigenvalue weighted by molar-refractivity contribution is 8.14. The van der Waals surface area contributed by atoms with Gasteiger partial charge in [0.05, 0.1) is 0 Å². The average molecular weight is 405 g/mol. The molecule has 26 heavy (non-hydrogen) atoms. The van der Waals surface area contributed by atoms with E-state index in [9.17, 15) is 19.2 Å². The first-order valence-electron chi connectivity index (χ1n) is 9.26. The summed E-state index contributed by atoms with van der Waals surface area (Å²) in [6, 6.07) is 0. The Morgan fingerprint density at radius 1 is 0.577 bits per heavy atom. The third-order valence-electron chi connectivity index (χ3n) is 3.92. The fourth-order valence-electron chi connectivity index (χ4n) is 2.32. The van der Waals surface area contributed by atoms with Crippen molar-refractivity contribution in [2.45, 2.75) is 53.4 Å². The molecule has 150 valence electrons. The first-order valence-corrected chi connectivity index (χ1v) is 11.2. The second-order valence-corrected chi connectivity index (χ2v) is 7.88. The number of amides is 2. The molecule has 0 rings (SSSR count). The Hall–Kier alpha value is -1.02. The van der Waals surface area contributed by atoms with Gasteiger partial charge in [-0.15, -0.1) is 0 Å². The third kappa shape index (κ3) is 10.9. The van der Waals surface area contributed by atoms with Crippen LogP contribution in [0.4, 0.5) is 0 Å². The number of thioether (sulfide) groups is 2. The van der Waals surface area contributed by atoms with Crippen molar-refractivity contribution in [2.24, 2.45) is 0 Å². The predicted molar refractivity (Wildman–Crippen MR) is 109 cm³/mol.